The molecular weight excluding hydrogens is 396 g/mol. The average Bonchev–Trinajstić information content (AvgIpc) is 3.09. The molecule has 4 rings (SSSR count). The number of benzene rings is 3. The van der Waals surface area contributed by atoms with Crippen LogP contribution in [0.2, 0.25) is 0 Å². The van der Waals surface area contributed by atoms with Gasteiger partial charge in [0.2, 0.25) is 5.78 Å². The van der Waals surface area contributed by atoms with Gasteiger partial charge in [0.25, 0.3) is 0 Å². The Morgan fingerprint density at radius 1 is 0.935 bits per heavy atom. The van der Waals surface area contributed by atoms with Crippen LogP contribution in [0.3, 0.4) is 0 Å². The van der Waals surface area contributed by atoms with Crippen molar-refractivity contribution in [2.24, 2.45) is 0 Å². The van der Waals surface area contributed by atoms with Crippen LogP contribution in [-0.4, -0.2) is 26.0 Å². The number of rotatable bonds is 5. The molecule has 0 N–H and O–H groups in total. The number of ketones is 1. The van der Waals surface area contributed by atoms with Crippen LogP contribution in [0.15, 0.2) is 66.4 Å². The molecule has 0 aromatic heterocycles. The first-order chi connectivity index (χ1) is 15.0. The highest BCUT2D eigenvalue weighted by Crippen LogP contribution is 2.36. The average molecular weight is 416 g/mol. The Kier molecular flexibility index (Phi) is 5.45. The lowest BCUT2D eigenvalue weighted by molar-refractivity contribution is 0.0727. The number of aryl methyl sites for hydroxylation is 1. The predicted octanol–water partition coefficient (Wildman–Crippen LogP) is 4.85. The third-order valence-electron chi connectivity index (χ3n) is 4.86. The summed E-state index contributed by atoms with van der Waals surface area (Å²) in [6.45, 7) is 1.99. The first-order valence-corrected chi connectivity index (χ1v) is 9.58. The smallest absolute Gasteiger partial charge is 0.351 e. The molecule has 0 fully saturated rings. The van der Waals surface area contributed by atoms with Crippen LogP contribution >= 0.6 is 0 Å². The molecule has 6 nitrogen and oxygen atoms in total. The van der Waals surface area contributed by atoms with Crippen molar-refractivity contribution in [3.63, 3.8) is 0 Å². The molecule has 156 valence electrons. The second-order valence-corrected chi connectivity index (χ2v) is 6.94. The summed E-state index contributed by atoms with van der Waals surface area (Å²) >= 11 is 0. The zero-order chi connectivity index (χ0) is 22.0. The molecule has 0 atom stereocenters. The molecule has 1 aliphatic heterocycles. The Morgan fingerprint density at radius 3 is 2.26 bits per heavy atom. The molecule has 0 radical (unpaired) electrons. The van der Waals surface area contributed by atoms with Crippen molar-refractivity contribution >= 4 is 17.8 Å². The summed E-state index contributed by atoms with van der Waals surface area (Å²) in [5.41, 5.74) is 2.57. The van der Waals surface area contributed by atoms with Gasteiger partial charge in [0.05, 0.1) is 19.8 Å². The van der Waals surface area contributed by atoms with Crippen molar-refractivity contribution in [3.05, 3.63) is 88.7 Å². The molecule has 3 aromatic rings. The van der Waals surface area contributed by atoms with E-state index in [1.54, 1.807) is 36.4 Å². The van der Waals surface area contributed by atoms with Crippen molar-refractivity contribution in [3.8, 4) is 23.0 Å². The molecule has 1 aliphatic rings. The minimum Gasteiger partial charge on any atom is -0.496 e. The molecule has 0 amide bonds. The number of hydrogen-bond acceptors (Lipinski definition) is 6. The van der Waals surface area contributed by atoms with E-state index in [0.717, 1.165) is 11.1 Å². The molecule has 31 heavy (non-hydrogen) atoms. The number of methoxy groups -OCH3 is 2. The van der Waals surface area contributed by atoms with Gasteiger partial charge in [-0.3, -0.25) is 4.79 Å². The van der Waals surface area contributed by atoms with Crippen LogP contribution in [0.25, 0.3) is 6.08 Å². The highest BCUT2D eigenvalue weighted by Gasteiger charge is 2.28. The largest absolute Gasteiger partial charge is 0.496 e. The lowest BCUT2D eigenvalue weighted by Gasteiger charge is -2.12. The quantitative estimate of drug-likeness (QED) is 0.336. The van der Waals surface area contributed by atoms with Crippen LogP contribution < -0.4 is 18.9 Å². The first-order valence-electron chi connectivity index (χ1n) is 9.58. The van der Waals surface area contributed by atoms with Gasteiger partial charge in [0.15, 0.2) is 5.76 Å². The maximum atomic E-state index is 12.8. The monoisotopic (exact) mass is 416 g/mol. The number of allylic oxidation sites excluding steroid dienone is 1. The number of carbonyl (C=O) groups excluding carboxylic acids is 2. The van der Waals surface area contributed by atoms with E-state index in [1.165, 1.54) is 20.3 Å². The van der Waals surface area contributed by atoms with Crippen LogP contribution in [0.5, 0.6) is 23.0 Å². The van der Waals surface area contributed by atoms with Gasteiger partial charge in [-0.2, -0.15) is 0 Å². The fourth-order valence-corrected chi connectivity index (χ4v) is 3.26. The Morgan fingerprint density at radius 2 is 1.61 bits per heavy atom. The zero-order valence-electron chi connectivity index (χ0n) is 17.3. The number of carbonyl (C=O) groups is 2. The minimum absolute atomic E-state index is 0.171. The Bertz CT molecular complexity index is 1170. The number of esters is 1. The Balaban J connectivity index is 1.58. The molecular formula is C25H20O6. The van der Waals surface area contributed by atoms with Gasteiger partial charge in [-0.05, 0) is 42.8 Å². The Labute approximate surface area is 179 Å². The fraction of sp³-hybridized carbons (Fsp3) is 0.120. The highest BCUT2D eigenvalue weighted by molar-refractivity contribution is 6.14. The highest BCUT2D eigenvalue weighted by atomic mass is 16.5. The second kappa shape index (κ2) is 8.36. The van der Waals surface area contributed by atoms with E-state index >= 15 is 0 Å². The Hall–Kier alpha value is -4.06. The van der Waals surface area contributed by atoms with Crippen molar-refractivity contribution in [1.82, 2.24) is 0 Å². The topological polar surface area (TPSA) is 71.1 Å². The summed E-state index contributed by atoms with van der Waals surface area (Å²) in [7, 11) is 2.92. The van der Waals surface area contributed by atoms with E-state index in [0.29, 0.717) is 22.8 Å². The molecule has 0 bridgehead atoms. The van der Waals surface area contributed by atoms with Crippen LogP contribution in [0.4, 0.5) is 0 Å². The van der Waals surface area contributed by atoms with Crippen LogP contribution in [0.1, 0.15) is 31.8 Å². The molecule has 0 saturated carbocycles. The van der Waals surface area contributed by atoms with Gasteiger partial charge in [-0.1, -0.05) is 35.9 Å². The third-order valence-corrected chi connectivity index (χ3v) is 4.86. The summed E-state index contributed by atoms with van der Waals surface area (Å²) in [6, 6.07) is 17.4. The van der Waals surface area contributed by atoms with Gasteiger partial charge in [0, 0.05) is 6.07 Å². The molecule has 0 spiro atoms. The van der Waals surface area contributed by atoms with Crippen molar-refractivity contribution in [2.45, 2.75) is 6.92 Å². The summed E-state index contributed by atoms with van der Waals surface area (Å²) in [6.07, 6.45) is 1.69. The normalized spacial score (nSPS) is 13.5. The maximum absolute atomic E-state index is 12.8. The van der Waals surface area contributed by atoms with E-state index in [1.807, 2.05) is 31.2 Å². The molecule has 0 saturated heterocycles. The number of Topliss-reactive ketones (excluding diaryl/α,β-unsaturated/α-hetero) is 1. The van der Waals surface area contributed by atoms with E-state index in [4.69, 9.17) is 18.9 Å². The van der Waals surface area contributed by atoms with Crippen molar-refractivity contribution in [1.29, 1.82) is 0 Å². The standard InChI is InChI=1S/C25H20O6/c1-15-7-9-16(10-8-15)13-22-24(26)18-12-11-17(14-21(18)31-22)30-25(27)23-19(28-2)5-4-6-20(23)29-3/h4-14H,1-3H3/b22-13-. The van der Waals surface area contributed by atoms with E-state index in [9.17, 15) is 9.59 Å². The van der Waals surface area contributed by atoms with Gasteiger partial charge >= 0.3 is 5.97 Å². The molecule has 3 aromatic carbocycles. The fourth-order valence-electron chi connectivity index (χ4n) is 3.26. The SMILES string of the molecule is COc1cccc(OC)c1C(=O)Oc1ccc2c(c1)O/C(=C\c1ccc(C)cc1)C2=O. The lowest BCUT2D eigenvalue weighted by Crippen LogP contribution is -2.12. The summed E-state index contributed by atoms with van der Waals surface area (Å²) in [5, 5.41) is 0. The molecule has 0 aliphatic carbocycles. The predicted molar refractivity (Wildman–Crippen MR) is 115 cm³/mol. The molecule has 0 unspecified atom stereocenters. The second-order valence-electron chi connectivity index (χ2n) is 6.94. The number of fused-ring (bicyclic) bond motifs is 1. The first kappa shape index (κ1) is 20.2. The van der Waals surface area contributed by atoms with Gasteiger partial charge in [-0.15, -0.1) is 0 Å². The lowest BCUT2D eigenvalue weighted by atomic mass is 10.1. The minimum atomic E-state index is -0.644. The van der Waals surface area contributed by atoms with Gasteiger partial charge < -0.3 is 18.9 Å². The molecule has 1 heterocycles. The summed E-state index contributed by atoms with van der Waals surface area (Å²) in [5.74, 6) is 0.588. The van der Waals surface area contributed by atoms with Crippen molar-refractivity contribution < 1.29 is 28.5 Å². The third kappa shape index (κ3) is 4.00. The molecule has 6 heteroatoms. The summed E-state index contributed by atoms with van der Waals surface area (Å²) < 4.78 is 21.8. The maximum Gasteiger partial charge on any atom is 0.351 e. The van der Waals surface area contributed by atoms with Crippen LogP contribution in [0, 0.1) is 6.92 Å². The van der Waals surface area contributed by atoms with E-state index < -0.39 is 5.97 Å². The number of ether oxygens (including phenoxy) is 4. The van der Waals surface area contributed by atoms with Crippen LogP contribution in [-0.2, 0) is 0 Å². The van der Waals surface area contributed by atoms with Gasteiger partial charge in [0.1, 0.15) is 28.6 Å². The van der Waals surface area contributed by atoms with Crippen molar-refractivity contribution in [2.75, 3.05) is 14.2 Å². The van der Waals surface area contributed by atoms with E-state index in [-0.39, 0.29) is 22.9 Å². The van der Waals surface area contributed by atoms with Gasteiger partial charge in [-0.25, -0.2) is 4.79 Å². The van der Waals surface area contributed by atoms with E-state index in [2.05, 4.69) is 0 Å². The number of hydrogen-bond donors (Lipinski definition) is 0. The zero-order valence-corrected chi connectivity index (χ0v) is 17.3. The summed E-state index contributed by atoms with van der Waals surface area (Å²) in [4.78, 5) is 25.4.